The molecule has 0 amide bonds. The zero-order valence-corrected chi connectivity index (χ0v) is 13.0. The van der Waals surface area contributed by atoms with E-state index in [9.17, 15) is 0 Å². The van der Waals surface area contributed by atoms with Gasteiger partial charge in [0, 0.05) is 35.0 Å². The van der Waals surface area contributed by atoms with E-state index in [-0.39, 0.29) is 0 Å². The summed E-state index contributed by atoms with van der Waals surface area (Å²) in [5.41, 5.74) is 1.14. The highest BCUT2D eigenvalue weighted by atomic mass is 35.5. The van der Waals surface area contributed by atoms with Crippen LogP contribution in [-0.2, 0) is 11.3 Å². The van der Waals surface area contributed by atoms with Crippen molar-refractivity contribution in [2.45, 2.75) is 16.3 Å². The first-order valence-corrected chi connectivity index (χ1v) is 7.70. The lowest BCUT2D eigenvalue weighted by Gasteiger charge is -2.12. The molecule has 0 radical (unpaired) electrons. The van der Waals surface area contributed by atoms with Crippen molar-refractivity contribution in [3.63, 3.8) is 0 Å². The zero-order chi connectivity index (χ0) is 14.2. The minimum Gasteiger partial charge on any atom is -0.383 e. The van der Waals surface area contributed by atoms with E-state index in [1.165, 1.54) is 9.79 Å². The molecule has 2 nitrogen and oxygen atoms in total. The number of ether oxygens (including phenoxy) is 1. The highest BCUT2D eigenvalue weighted by Crippen LogP contribution is 2.33. The lowest BCUT2D eigenvalue weighted by atomic mass is 10.2. The Balaban J connectivity index is 2.09. The fourth-order valence-corrected chi connectivity index (χ4v) is 3.11. The van der Waals surface area contributed by atoms with E-state index in [1.807, 2.05) is 30.3 Å². The van der Waals surface area contributed by atoms with Crippen LogP contribution >= 0.6 is 23.4 Å². The van der Waals surface area contributed by atoms with E-state index in [4.69, 9.17) is 16.3 Å². The third-order valence-corrected chi connectivity index (χ3v) is 4.30. The first-order chi connectivity index (χ1) is 9.81. The van der Waals surface area contributed by atoms with Crippen molar-refractivity contribution >= 4 is 23.4 Å². The van der Waals surface area contributed by atoms with Crippen molar-refractivity contribution in [1.29, 1.82) is 0 Å². The topological polar surface area (TPSA) is 21.3 Å². The molecule has 0 atom stereocenters. The zero-order valence-electron chi connectivity index (χ0n) is 11.4. The first kappa shape index (κ1) is 15.4. The molecule has 0 spiro atoms. The molecule has 0 bridgehead atoms. The normalized spacial score (nSPS) is 10.7. The van der Waals surface area contributed by atoms with Gasteiger partial charge in [0.25, 0.3) is 0 Å². The summed E-state index contributed by atoms with van der Waals surface area (Å²) in [6.07, 6.45) is 0. The minimum absolute atomic E-state index is 0.700. The Kier molecular flexibility index (Phi) is 6.40. The second-order valence-corrected chi connectivity index (χ2v) is 5.82. The predicted octanol–water partition coefficient (Wildman–Crippen LogP) is 4.23. The third-order valence-electron chi connectivity index (χ3n) is 2.83. The predicted molar refractivity (Wildman–Crippen MR) is 85.6 cm³/mol. The van der Waals surface area contributed by atoms with Gasteiger partial charge in [0.2, 0.25) is 0 Å². The Hall–Kier alpha value is -1.00. The van der Waals surface area contributed by atoms with Gasteiger partial charge in [0.1, 0.15) is 0 Å². The minimum atomic E-state index is 0.700. The van der Waals surface area contributed by atoms with Crippen LogP contribution in [0.3, 0.4) is 0 Å². The second-order valence-electron chi connectivity index (χ2n) is 4.30. The number of hydrogen-bond acceptors (Lipinski definition) is 3. The van der Waals surface area contributed by atoms with Crippen LogP contribution in [0.5, 0.6) is 0 Å². The van der Waals surface area contributed by atoms with Gasteiger partial charge >= 0.3 is 0 Å². The molecule has 0 saturated carbocycles. The van der Waals surface area contributed by atoms with Crippen molar-refractivity contribution in [3.8, 4) is 0 Å². The number of methoxy groups -OCH3 is 1. The lowest BCUT2D eigenvalue weighted by molar-refractivity contribution is 0.199. The molecule has 0 aromatic heterocycles. The van der Waals surface area contributed by atoms with Crippen LogP contribution < -0.4 is 5.32 Å². The standard InChI is InChI=1S/C16H18ClNOS/c1-19-11-10-18-12-14-15(17)8-5-9-16(14)20-13-6-3-2-4-7-13/h2-9,18H,10-12H2,1H3. The SMILES string of the molecule is COCCNCc1c(Cl)cccc1Sc1ccccc1. The molecule has 0 aliphatic rings. The lowest BCUT2D eigenvalue weighted by Crippen LogP contribution is -2.19. The number of nitrogens with one attached hydrogen (secondary N) is 1. The molecule has 0 unspecified atom stereocenters. The van der Waals surface area contributed by atoms with Crippen LogP contribution in [0.25, 0.3) is 0 Å². The average molecular weight is 308 g/mol. The average Bonchev–Trinajstić information content (AvgIpc) is 2.47. The molecule has 0 saturated heterocycles. The van der Waals surface area contributed by atoms with Gasteiger partial charge in [-0.25, -0.2) is 0 Å². The Morgan fingerprint density at radius 2 is 1.90 bits per heavy atom. The van der Waals surface area contributed by atoms with E-state index in [0.29, 0.717) is 6.61 Å². The Labute approximate surface area is 129 Å². The first-order valence-electron chi connectivity index (χ1n) is 6.51. The van der Waals surface area contributed by atoms with Crippen molar-refractivity contribution in [3.05, 3.63) is 59.1 Å². The molecular weight excluding hydrogens is 290 g/mol. The van der Waals surface area contributed by atoms with Gasteiger partial charge in [-0.05, 0) is 29.8 Å². The molecule has 0 fully saturated rings. The van der Waals surface area contributed by atoms with Crippen LogP contribution in [0.4, 0.5) is 0 Å². The number of rotatable bonds is 7. The van der Waals surface area contributed by atoms with Gasteiger partial charge in [-0.3, -0.25) is 0 Å². The van der Waals surface area contributed by atoms with E-state index in [0.717, 1.165) is 23.7 Å². The van der Waals surface area contributed by atoms with Crippen molar-refractivity contribution in [1.82, 2.24) is 5.32 Å². The van der Waals surface area contributed by atoms with Gasteiger partial charge in [-0.2, -0.15) is 0 Å². The van der Waals surface area contributed by atoms with Gasteiger partial charge in [0.15, 0.2) is 0 Å². The summed E-state index contributed by atoms with van der Waals surface area (Å²) < 4.78 is 5.04. The quantitative estimate of drug-likeness (QED) is 0.774. The van der Waals surface area contributed by atoms with Gasteiger partial charge < -0.3 is 10.1 Å². The van der Waals surface area contributed by atoms with Crippen LogP contribution in [0.1, 0.15) is 5.56 Å². The number of halogens is 1. The number of benzene rings is 2. The van der Waals surface area contributed by atoms with Crippen molar-refractivity contribution in [2.24, 2.45) is 0 Å². The molecule has 0 heterocycles. The van der Waals surface area contributed by atoms with Gasteiger partial charge in [0.05, 0.1) is 6.61 Å². The van der Waals surface area contributed by atoms with Crippen LogP contribution in [-0.4, -0.2) is 20.3 Å². The summed E-state index contributed by atoms with van der Waals surface area (Å²) >= 11 is 8.06. The molecule has 0 aliphatic carbocycles. The maximum absolute atomic E-state index is 6.32. The van der Waals surface area contributed by atoms with Crippen LogP contribution in [0.2, 0.25) is 5.02 Å². The second kappa shape index (κ2) is 8.32. The molecule has 2 aromatic carbocycles. The highest BCUT2D eigenvalue weighted by molar-refractivity contribution is 7.99. The fourth-order valence-electron chi connectivity index (χ4n) is 1.81. The highest BCUT2D eigenvalue weighted by Gasteiger charge is 2.08. The molecule has 4 heteroatoms. The molecular formula is C16H18ClNOS. The summed E-state index contributed by atoms with van der Waals surface area (Å²) in [5, 5.41) is 4.15. The summed E-state index contributed by atoms with van der Waals surface area (Å²) in [6.45, 7) is 2.26. The largest absolute Gasteiger partial charge is 0.383 e. The molecule has 1 N–H and O–H groups in total. The number of hydrogen-bond donors (Lipinski definition) is 1. The third kappa shape index (κ3) is 4.53. The van der Waals surface area contributed by atoms with Crippen LogP contribution in [0, 0.1) is 0 Å². The monoisotopic (exact) mass is 307 g/mol. The fraction of sp³-hybridized carbons (Fsp3) is 0.250. The maximum Gasteiger partial charge on any atom is 0.0587 e. The van der Waals surface area contributed by atoms with E-state index in [2.05, 4.69) is 23.5 Å². The van der Waals surface area contributed by atoms with E-state index < -0.39 is 0 Å². The Morgan fingerprint density at radius 1 is 1.10 bits per heavy atom. The molecule has 20 heavy (non-hydrogen) atoms. The molecule has 0 aliphatic heterocycles. The molecule has 106 valence electrons. The maximum atomic E-state index is 6.32. The summed E-state index contributed by atoms with van der Waals surface area (Å²) in [6, 6.07) is 16.4. The van der Waals surface area contributed by atoms with Crippen molar-refractivity contribution in [2.75, 3.05) is 20.3 Å². The van der Waals surface area contributed by atoms with Gasteiger partial charge in [-0.15, -0.1) is 0 Å². The summed E-state index contributed by atoms with van der Waals surface area (Å²) in [5.74, 6) is 0. The Bertz CT molecular complexity index is 533. The summed E-state index contributed by atoms with van der Waals surface area (Å²) in [7, 11) is 1.70. The molecule has 2 rings (SSSR count). The summed E-state index contributed by atoms with van der Waals surface area (Å²) in [4.78, 5) is 2.40. The van der Waals surface area contributed by atoms with Gasteiger partial charge in [-0.1, -0.05) is 47.6 Å². The van der Waals surface area contributed by atoms with Crippen molar-refractivity contribution < 1.29 is 4.74 Å². The Morgan fingerprint density at radius 3 is 2.65 bits per heavy atom. The smallest absolute Gasteiger partial charge is 0.0587 e. The van der Waals surface area contributed by atoms with E-state index >= 15 is 0 Å². The van der Waals surface area contributed by atoms with Crippen LogP contribution in [0.15, 0.2) is 58.3 Å². The van der Waals surface area contributed by atoms with E-state index in [1.54, 1.807) is 18.9 Å². The molecule has 2 aromatic rings.